The molecule has 1 aliphatic rings. The second-order valence-electron chi connectivity index (χ2n) is 5.44. The van der Waals surface area contributed by atoms with Crippen LogP contribution in [0.5, 0.6) is 5.75 Å². The summed E-state index contributed by atoms with van der Waals surface area (Å²) >= 11 is 0. The van der Waals surface area contributed by atoms with Crippen molar-refractivity contribution < 1.29 is 14.3 Å². The molecule has 0 radical (unpaired) electrons. The van der Waals surface area contributed by atoms with Crippen LogP contribution in [0.25, 0.3) is 0 Å². The van der Waals surface area contributed by atoms with Crippen molar-refractivity contribution in [1.82, 2.24) is 4.98 Å². The molecule has 1 atom stereocenters. The first-order valence-electron chi connectivity index (χ1n) is 7.55. The monoisotopic (exact) mass is 297 g/mol. The highest BCUT2D eigenvalue weighted by Crippen LogP contribution is 2.34. The Morgan fingerprint density at radius 2 is 2.14 bits per heavy atom. The Balaban J connectivity index is 1.47. The average molecular weight is 297 g/mol. The van der Waals surface area contributed by atoms with Gasteiger partial charge in [0.25, 0.3) is 0 Å². The number of esters is 1. The number of hydrogen-bond acceptors (Lipinski definition) is 4. The number of nitrogens with zero attached hydrogens (tertiary/aromatic N) is 1. The molecule has 0 N–H and O–H groups in total. The maximum atomic E-state index is 12.2. The smallest absolute Gasteiger partial charge is 0.317 e. The number of ether oxygens (including phenoxy) is 2. The molecule has 114 valence electrons. The van der Waals surface area contributed by atoms with Gasteiger partial charge in [0.15, 0.2) is 0 Å². The number of hydrogen-bond donors (Lipinski definition) is 0. The van der Waals surface area contributed by atoms with Gasteiger partial charge in [-0.25, -0.2) is 0 Å². The molecule has 0 amide bonds. The van der Waals surface area contributed by atoms with Gasteiger partial charge < -0.3 is 9.47 Å². The van der Waals surface area contributed by atoms with E-state index in [0.29, 0.717) is 13.2 Å². The lowest BCUT2D eigenvalue weighted by molar-refractivity contribution is -0.145. The summed E-state index contributed by atoms with van der Waals surface area (Å²) in [5, 5.41) is 0. The summed E-state index contributed by atoms with van der Waals surface area (Å²) in [4.78, 5) is 16.6. The Labute approximate surface area is 130 Å². The summed E-state index contributed by atoms with van der Waals surface area (Å²) in [7, 11) is 0. The number of aryl methyl sites for hydroxylation is 2. The van der Waals surface area contributed by atoms with Gasteiger partial charge >= 0.3 is 5.97 Å². The summed E-state index contributed by atoms with van der Waals surface area (Å²) in [6.07, 6.45) is 1.59. The quantitative estimate of drug-likeness (QED) is 0.628. The molecule has 1 unspecified atom stereocenters. The van der Waals surface area contributed by atoms with Crippen molar-refractivity contribution in [3.8, 4) is 5.75 Å². The van der Waals surface area contributed by atoms with Crippen molar-refractivity contribution in [2.45, 2.75) is 25.7 Å². The maximum Gasteiger partial charge on any atom is 0.317 e. The van der Waals surface area contributed by atoms with Crippen LogP contribution in [0.3, 0.4) is 0 Å². The van der Waals surface area contributed by atoms with Gasteiger partial charge in [-0.2, -0.15) is 0 Å². The SMILES string of the molecule is Cc1cccc(CCCOC(=O)C2COc3ccccc32)n1. The van der Waals surface area contributed by atoms with Crippen LogP contribution in [0.2, 0.25) is 0 Å². The molecule has 0 saturated carbocycles. The number of fused-ring (bicyclic) bond motifs is 1. The number of pyridine rings is 1. The molecule has 0 bridgehead atoms. The van der Waals surface area contributed by atoms with Crippen LogP contribution in [0, 0.1) is 6.92 Å². The predicted molar refractivity (Wildman–Crippen MR) is 82.9 cm³/mol. The Kier molecular flexibility index (Phi) is 4.37. The standard InChI is InChI=1S/C18H19NO3/c1-13-6-4-7-14(19-13)8-5-11-21-18(20)16-12-22-17-10-3-2-9-15(16)17/h2-4,6-7,9-10,16H,5,8,11-12H2,1H3. The lowest BCUT2D eigenvalue weighted by Gasteiger charge is -2.09. The van der Waals surface area contributed by atoms with Crippen LogP contribution in [-0.4, -0.2) is 24.2 Å². The lowest BCUT2D eigenvalue weighted by Crippen LogP contribution is -2.18. The molecule has 3 rings (SSSR count). The number of para-hydroxylation sites is 1. The summed E-state index contributed by atoms with van der Waals surface area (Å²) < 4.78 is 10.9. The number of carbonyl (C=O) groups is 1. The van der Waals surface area contributed by atoms with E-state index in [1.165, 1.54) is 0 Å². The molecule has 1 aromatic heterocycles. The normalized spacial score (nSPS) is 16.0. The highest BCUT2D eigenvalue weighted by Gasteiger charge is 2.31. The maximum absolute atomic E-state index is 12.2. The van der Waals surface area contributed by atoms with Crippen LogP contribution < -0.4 is 4.74 Å². The molecular weight excluding hydrogens is 278 g/mol. The minimum atomic E-state index is -0.298. The van der Waals surface area contributed by atoms with E-state index in [4.69, 9.17) is 9.47 Å². The van der Waals surface area contributed by atoms with Crippen LogP contribution in [0.15, 0.2) is 42.5 Å². The largest absolute Gasteiger partial charge is 0.492 e. The third kappa shape index (κ3) is 3.27. The average Bonchev–Trinajstić information content (AvgIpc) is 2.95. The van der Waals surface area contributed by atoms with E-state index in [1.54, 1.807) is 0 Å². The van der Waals surface area contributed by atoms with E-state index in [0.717, 1.165) is 35.5 Å². The van der Waals surface area contributed by atoms with Gasteiger partial charge in [0.05, 0.1) is 6.61 Å². The van der Waals surface area contributed by atoms with E-state index < -0.39 is 0 Å². The van der Waals surface area contributed by atoms with Gasteiger partial charge in [-0.15, -0.1) is 0 Å². The van der Waals surface area contributed by atoms with E-state index in [9.17, 15) is 4.79 Å². The van der Waals surface area contributed by atoms with Gasteiger partial charge in [-0.1, -0.05) is 24.3 Å². The fourth-order valence-corrected chi connectivity index (χ4v) is 2.62. The lowest BCUT2D eigenvalue weighted by atomic mass is 10.0. The van der Waals surface area contributed by atoms with Gasteiger partial charge in [-0.3, -0.25) is 9.78 Å². The molecule has 4 heteroatoms. The summed E-state index contributed by atoms with van der Waals surface area (Å²) in [5.41, 5.74) is 2.97. The minimum absolute atomic E-state index is 0.206. The van der Waals surface area contributed by atoms with Crippen LogP contribution in [0.1, 0.15) is 29.3 Å². The number of aromatic nitrogens is 1. The summed E-state index contributed by atoms with van der Waals surface area (Å²) in [5.74, 6) is 0.281. The van der Waals surface area contributed by atoms with Crippen LogP contribution in [0.4, 0.5) is 0 Å². The van der Waals surface area contributed by atoms with E-state index in [-0.39, 0.29) is 11.9 Å². The first-order chi connectivity index (χ1) is 10.7. The van der Waals surface area contributed by atoms with Crippen LogP contribution >= 0.6 is 0 Å². The zero-order valence-corrected chi connectivity index (χ0v) is 12.6. The first kappa shape index (κ1) is 14.6. The Morgan fingerprint density at radius 3 is 3.00 bits per heavy atom. The summed E-state index contributed by atoms with van der Waals surface area (Å²) in [6.45, 7) is 2.76. The van der Waals surface area contributed by atoms with E-state index in [1.807, 2.05) is 49.4 Å². The number of benzene rings is 1. The molecule has 0 aliphatic carbocycles. The molecule has 2 heterocycles. The third-order valence-corrected chi connectivity index (χ3v) is 3.75. The van der Waals surface area contributed by atoms with Crippen molar-refractivity contribution in [3.63, 3.8) is 0 Å². The summed E-state index contributed by atoms with van der Waals surface area (Å²) in [6, 6.07) is 13.6. The fraction of sp³-hybridized carbons (Fsp3) is 0.333. The molecular formula is C18H19NO3. The number of rotatable bonds is 5. The molecule has 4 nitrogen and oxygen atoms in total. The fourth-order valence-electron chi connectivity index (χ4n) is 2.62. The van der Waals surface area contributed by atoms with E-state index in [2.05, 4.69) is 4.98 Å². The topological polar surface area (TPSA) is 48.4 Å². The Hall–Kier alpha value is -2.36. The molecule has 0 spiro atoms. The molecule has 1 aromatic carbocycles. The van der Waals surface area contributed by atoms with Crippen molar-refractivity contribution in [2.24, 2.45) is 0 Å². The minimum Gasteiger partial charge on any atom is -0.492 e. The van der Waals surface area contributed by atoms with Crippen molar-refractivity contribution in [1.29, 1.82) is 0 Å². The van der Waals surface area contributed by atoms with Gasteiger partial charge in [-0.05, 0) is 38.0 Å². The highest BCUT2D eigenvalue weighted by atomic mass is 16.5. The predicted octanol–water partition coefficient (Wildman–Crippen LogP) is 3.04. The van der Waals surface area contributed by atoms with Gasteiger partial charge in [0.1, 0.15) is 18.3 Å². The van der Waals surface area contributed by atoms with Crippen molar-refractivity contribution in [2.75, 3.05) is 13.2 Å². The Bertz CT molecular complexity index is 669. The second-order valence-corrected chi connectivity index (χ2v) is 5.44. The molecule has 22 heavy (non-hydrogen) atoms. The zero-order valence-electron chi connectivity index (χ0n) is 12.6. The highest BCUT2D eigenvalue weighted by molar-refractivity contribution is 5.80. The Morgan fingerprint density at radius 1 is 1.27 bits per heavy atom. The third-order valence-electron chi connectivity index (χ3n) is 3.75. The molecule has 2 aromatic rings. The zero-order chi connectivity index (χ0) is 15.4. The first-order valence-corrected chi connectivity index (χ1v) is 7.55. The molecule has 0 fully saturated rings. The van der Waals surface area contributed by atoms with Crippen molar-refractivity contribution >= 4 is 5.97 Å². The van der Waals surface area contributed by atoms with E-state index >= 15 is 0 Å². The van der Waals surface area contributed by atoms with Gasteiger partial charge in [0, 0.05) is 17.0 Å². The van der Waals surface area contributed by atoms with Crippen molar-refractivity contribution in [3.05, 3.63) is 59.4 Å². The van der Waals surface area contributed by atoms with Crippen LogP contribution in [-0.2, 0) is 16.0 Å². The number of carbonyl (C=O) groups excluding carboxylic acids is 1. The second kappa shape index (κ2) is 6.60. The van der Waals surface area contributed by atoms with Gasteiger partial charge in [0.2, 0.25) is 0 Å². The molecule has 1 aliphatic heterocycles. The molecule has 0 saturated heterocycles.